The topological polar surface area (TPSA) is 71.8 Å². The highest BCUT2D eigenvalue weighted by molar-refractivity contribution is 5.73. The Bertz CT molecular complexity index is 645. The number of nitrogens with one attached hydrogen (secondary N) is 2. The molecule has 0 unspecified atom stereocenters. The Balaban J connectivity index is 1.52. The normalized spacial score (nSPS) is 22.1. The van der Waals surface area contributed by atoms with Gasteiger partial charge in [-0.1, -0.05) is 17.3 Å². The van der Waals surface area contributed by atoms with E-state index in [9.17, 15) is 4.79 Å². The van der Waals surface area contributed by atoms with Crippen molar-refractivity contribution in [2.24, 2.45) is 0 Å². The monoisotopic (exact) mass is 327 g/mol. The number of carbonyl (C=O) groups is 1. The minimum absolute atomic E-state index is 0.0762. The molecule has 1 aliphatic carbocycles. The van der Waals surface area contributed by atoms with Crippen molar-refractivity contribution in [3.8, 4) is 5.69 Å². The third kappa shape index (κ3) is 4.20. The van der Waals surface area contributed by atoms with Crippen LogP contribution >= 0.6 is 0 Å². The van der Waals surface area contributed by atoms with Gasteiger partial charge in [0.15, 0.2) is 0 Å². The largest absolute Gasteiger partial charge is 0.354 e. The van der Waals surface area contributed by atoms with Crippen molar-refractivity contribution < 1.29 is 4.79 Å². The molecule has 6 heteroatoms. The molecule has 1 amide bonds. The first kappa shape index (κ1) is 16.6. The third-order valence-electron chi connectivity index (χ3n) is 4.70. The van der Waals surface area contributed by atoms with Crippen molar-refractivity contribution in [2.75, 3.05) is 0 Å². The molecular weight excluding hydrogens is 302 g/mol. The SMILES string of the molecule is CC(=O)NC1CCC(N[C@@H](C)c2ccc(-n3ccnn3)cc2)CC1. The fraction of sp³-hybridized carbons (Fsp3) is 0.500. The lowest BCUT2D eigenvalue weighted by molar-refractivity contribution is -0.119. The molecule has 1 aromatic carbocycles. The summed E-state index contributed by atoms with van der Waals surface area (Å²) in [5, 5.41) is 14.6. The van der Waals surface area contributed by atoms with Gasteiger partial charge in [0.2, 0.25) is 5.91 Å². The lowest BCUT2D eigenvalue weighted by atomic mass is 9.90. The van der Waals surface area contributed by atoms with Crippen LogP contribution in [0.3, 0.4) is 0 Å². The Kier molecular flexibility index (Phi) is 5.25. The Hall–Kier alpha value is -2.21. The van der Waals surface area contributed by atoms with Gasteiger partial charge in [-0.15, -0.1) is 5.10 Å². The van der Waals surface area contributed by atoms with Crippen molar-refractivity contribution in [3.63, 3.8) is 0 Å². The summed E-state index contributed by atoms with van der Waals surface area (Å²) in [5.41, 5.74) is 2.28. The van der Waals surface area contributed by atoms with Crippen LogP contribution in [0.2, 0.25) is 0 Å². The van der Waals surface area contributed by atoms with E-state index in [1.807, 2.05) is 6.20 Å². The fourth-order valence-electron chi connectivity index (χ4n) is 3.40. The molecule has 1 aromatic heterocycles. The molecule has 0 saturated heterocycles. The Labute approximate surface area is 142 Å². The molecule has 1 atom stereocenters. The van der Waals surface area contributed by atoms with E-state index in [2.05, 4.69) is 52.1 Å². The second-order valence-electron chi connectivity index (χ2n) is 6.58. The average molecular weight is 327 g/mol. The van der Waals surface area contributed by atoms with Crippen LogP contribution in [0.15, 0.2) is 36.7 Å². The Morgan fingerprint density at radius 3 is 2.42 bits per heavy atom. The summed E-state index contributed by atoms with van der Waals surface area (Å²) in [7, 11) is 0. The van der Waals surface area contributed by atoms with E-state index in [0.717, 1.165) is 31.4 Å². The van der Waals surface area contributed by atoms with Gasteiger partial charge in [0, 0.05) is 25.0 Å². The zero-order chi connectivity index (χ0) is 16.9. The van der Waals surface area contributed by atoms with Crippen LogP contribution in [0.5, 0.6) is 0 Å². The third-order valence-corrected chi connectivity index (χ3v) is 4.70. The molecular formula is C18H25N5O. The van der Waals surface area contributed by atoms with Crippen LogP contribution in [0.25, 0.3) is 5.69 Å². The number of carbonyl (C=O) groups excluding carboxylic acids is 1. The molecule has 0 aliphatic heterocycles. The van der Waals surface area contributed by atoms with Crippen LogP contribution < -0.4 is 10.6 Å². The van der Waals surface area contributed by atoms with Gasteiger partial charge in [0.25, 0.3) is 0 Å². The molecule has 0 radical (unpaired) electrons. The molecule has 2 aromatic rings. The van der Waals surface area contributed by atoms with Gasteiger partial charge in [-0.2, -0.15) is 0 Å². The highest BCUT2D eigenvalue weighted by atomic mass is 16.1. The predicted molar refractivity (Wildman–Crippen MR) is 92.8 cm³/mol. The molecule has 24 heavy (non-hydrogen) atoms. The fourth-order valence-corrected chi connectivity index (χ4v) is 3.40. The number of rotatable bonds is 5. The number of benzene rings is 1. The molecule has 1 fully saturated rings. The Morgan fingerprint density at radius 1 is 1.17 bits per heavy atom. The minimum Gasteiger partial charge on any atom is -0.354 e. The van der Waals surface area contributed by atoms with Gasteiger partial charge in [-0.3, -0.25) is 4.79 Å². The molecule has 1 saturated carbocycles. The highest BCUT2D eigenvalue weighted by Gasteiger charge is 2.22. The highest BCUT2D eigenvalue weighted by Crippen LogP contribution is 2.22. The van der Waals surface area contributed by atoms with E-state index in [-0.39, 0.29) is 5.91 Å². The van der Waals surface area contributed by atoms with Crippen molar-refractivity contribution in [2.45, 2.75) is 57.7 Å². The van der Waals surface area contributed by atoms with Crippen molar-refractivity contribution >= 4 is 5.91 Å². The standard InChI is InChI=1S/C18H25N5O/c1-13(20-16-5-7-17(8-6-16)21-14(2)24)15-3-9-18(10-4-15)23-12-11-19-22-23/h3-4,9-13,16-17,20H,5-8H2,1-2H3,(H,21,24)/t13-,16?,17?/m0/s1. The zero-order valence-corrected chi connectivity index (χ0v) is 14.3. The minimum atomic E-state index is 0.0762. The van der Waals surface area contributed by atoms with Crippen LogP contribution in [0.4, 0.5) is 0 Å². The molecule has 6 nitrogen and oxygen atoms in total. The maximum absolute atomic E-state index is 11.1. The second-order valence-corrected chi connectivity index (χ2v) is 6.58. The number of aromatic nitrogens is 3. The summed E-state index contributed by atoms with van der Waals surface area (Å²) in [4.78, 5) is 11.1. The number of nitrogens with zero attached hydrogens (tertiary/aromatic N) is 3. The molecule has 1 heterocycles. The maximum atomic E-state index is 11.1. The number of hydrogen-bond acceptors (Lipinski definition) is 4. The maximum Gasteiger partial charge on any atom is 0.217 e. The molecule has 3 rings (SSSR count). The van der Waals surface area contributed by atoms with E-state index in [1.165, 1.54) is 5.56 Å². The van der Waals surface area contributed by atoms with E-state index in [1.54, 1.807) is 17.8 Å². The summed E-state index contributed by atoms with van der Waals surface area (Å²) < 4.78 is 1.76. The first-order valence-corrected chi connectivity index (χ1v) is 8.61. The van der Waals surface area contributed by atoms with Crippen molar-refractivity contribution in [1.29, 1.82) is 0 Å². The van der Waals surface area contributed by atoms with Crippen LogP contribution in [0.1, 0.15) is 51.1 Å². The molecule has 0 spiro atoms. The van der Waals surface area contributed by atoms with Crippen molar-refractivity contribution in [1.82, 2.24) is 25.6 Å². The van der Waals surface area contributed by atoms with Crippen LogP contribution in [-0.4, -0.2) is 33.0 Å². The predicted octanol–water partition coefficient (Wildman–Crippen LogP) is 2.37. The van der Waals surface area contributed by atoms with E-state index in [0.29, 0.717) is 18.1 Å². The van der Waals surface area contributed by atoms with E-state index < -0.39 is 0 Å². The first-order valence-electron chi connectivity index (χ1n) is 8.61. The Morgan fingerprint density at radius 2 is 1.83 bits per heavy atom. The summed E-state index contributed by atoms with van der Waals surface area (Å²) in [6, 6.07) is 9.57. The zero-order valence-electron chi connectivity index (χ0n) is 14.3. The van der Waals surface area contributed by atoms with Crippen LogP contribution in [-0.2, 0) is 4.79 Å². The van der Waals surface area contributed by atoms with Gasteiger partial charge in [0.1, 0.15) is 0 Å². The lowest BCUT2D eigenvalue weighted by Crippen LogP contribution is -2.42. The first-order chi connectivity index (χ1) is 11.6. The van der Waals surface area contributed by atoms with Gasteiger partial charge in [0.05, 0.1) is 18.1 Å². The molecule has 2 N–H and O–H groups in total. The smallest absolute Gasteiger partial charge is 0.217 e. The van der Waals surface area contributed by atoms with Gasteiger partial charge < -0.3 is 10.6 Å². The molecule has 0 bridgehead atoms. The summed E-state index contributed by atoms with van der Waals surface area (Å²) >= 11 is 0. The average Bonchev–Trinajstić information content (AvgIpc) is 3.11. The lowest BCUT2D eigenvalue weighted by Gasteiger charge is -2.31. The van der Waals surface area contributed by atoms with Gasteiger partial charge >= 0.3 is 0 Å². The van der Waals surface area contributed by atoms with E-state index in [4.69, 9.17) is 0 Å². The van der Waals surface area contributed by atoms with Gasteiger partial charge in [-0.25, -0.2) is 4.68 Å². The number of amides is 1. The summed E-state index contributed by atoms with van der Waals surface area (Å²) in [6.45, 7) is 3.79. The molecule has 128 valence electrons. The number of hydrogen-bond donors (Lipinski definition) is 2. The van der Waals surface area contributed by atoms with E-state index >= 15 is 0 Å². The van der Waals surface area contributed by atoms with Gasteiger partial charge in [-0.05, 0) is 50.3 Å². The molecule has 1 aliphatic rings. The summed E-state index contributed by atoms with van der Waals surface area (Å²) in [6.07, 6.45) is 7.82. The summed E-state index contributed by atoms with van der Waals surface area (Å²) in [5.74, 6) is 0.0762. The van der Waals surface area contributed by atoms with Crippen molar-refractivity contribution in [3.05, 3.63) is 42.2 Å². The quantitative estimate of drug-likeness (QED) is 0.884. The van der Waals surface area contributed by atoms with Crippen LogP contribution in [0, 0.1) is 0 Å². The second kappa shape index (κ2) is 7.57.